The van der Waals surface area contributed by atoms with Crippen LogP contribution in [0.5, 0.6) is 11.8 Å². The Morgan fingerprint density at radius 3 is 2.47 bits per heavy atom. The Kier molecular flexibility index (Phi) is 3.61. The number of nitrogens with zero attached hydrogens (tertiary/aromatic N) is 2. The second-order valence-electron chi connectivity index (χ2n) is 3.49. The lowest BCUT2D eigenvalue weighted by Crippen LogP contribution is -2.07. The van der Waals surface area contributed by atoms with Crippen LogP contribution in [0.2, 0.25) is 0 Å². The van der Waals surface area contributed by atoms with Crippen molar-refractivity contribution in [2.24, 2.45) is 0 Å². The zero-order chi connectivity index (χ0) is 14.0. The number of nitrogen functional groups attached to an aromatic ring is 1. The standard InChI is InChI=1S/C11H7BrF3N3O/c12-8-5-9(16)18-10(17-8)19-7-4-2-1-3-6(7)11(13,14)15/h1-5H,(H2,16,17,18). The molecule has 0 atom stereocenters. The summed E-state index contributed by atoms with van der Waals surface area (Å²) >= 11 is 3.05. The minimum Gasteiger partial charge on any atom is -0.424 e. The molecule has 1 aromatic carbocycles. The molecule has 0 fully saturated rings. The van der Waals surface area contributed by atoms with Gasteiger partial charge < -0.3 is 10.5 Å². The summed E-state index contributed by atoms with van der Waals surface area (Å²) in [4.78, 5) is 7.49. The van der Waals surface area contributed by atoms with E-state index < -0.39 is 11.7 Å². The first-order chi connectivity index (χ1) is 8.86. The van der Waals surface area contributed by atoms with E-state index >= 15 is 0 Å². The van der Waals surface area contributed by atoms with E-state index in [2.05, 4.69) is 25.9 Å². The Hall–Kier alpha value is -1.83. The van der Waals surface area contributed by atoms with Crippen molar-refractivity contribution in [2.45, 2.75) is 6.18 Å². The van der Waals surface area contributed by atoms with Crippen molar-refractivity contribution in [2.75, 3.05) is 5.73 Å². The van der Waals surface area contributed by atoms with Crippen LogP contribution >= 0.6 is 15.9 Å². The highest BCUT2D eigenvalue weighted by molar-refractivity contribution is 9.10. The Morgan fingerprint density at radius 1 is 1.16 bits per heavy atom. The van der Waals surface area contributed by atoms with Crippen LogP contribution in [0.15, 0.2) is 34.9 Å². The molecule has 0 spiro atoms. The fourth-order valence-corrected chi connectivity index (χ4v) is 1.73. The van der Waals surface area contributed by atoms with E-state index in [9.17, 15) is 13.2 Å². The highest BCUT2D eigenvalue weighted by Crippen LogP contribution is 2.37. The zero-order valence-electron chi connectivity index (χ0n) is 9.28. The first-order valence-electron chi connectivity index (χ1n) is 5.00. The summed E-state index contributed by atoms with van der Waals surface area (Å²) in [5, 5.41) is 0. The highest BCUT2D eigenvalue weighted by atomic mass is 79.9. The fraction of sp³-hybridized carbons (Fsp3) is 0.0909. The lowest BCUT2D eigenvalue weighted by Gasteiger charge is -2.12. The van der Waals surface area contributed by atoms with E-state index in [-0.39, 0.29) is 17.6 Å². The predicted molar refractivity (Wildman–Crippen MR) is 65.7 cm³/mol. The number of hydrogen-bond acceptors (Lipinski definition) is 4. The third kappa shape index (κ3) is 3.34. The monoisotopic (exact) mass is 333 g/mol. The van der Waals surface area contributed by atoms with E-state index in [1.807, 2.05) is 0 Å². The van der Waals surface area contributed by atoms with Gasteiger partial charge in [-0.15, -0.1) is 0 Å². The number of nitrogens with two attached hydrogens (primary N) is 1. The highest BCUT2D eigenvalue weighted by Gasteiger charge is 2.34. The Bertz CT molecular complexity index is 584. The molecule has 2 N–H and O–H groups in total. The molecule has 2 rings (SSSR count). The summed E-state index contributed by atoms with van der Waals surface area (Å²) in [6.07, 6.45) is -4.52. The summed E-state index contributed by atoms with van der Waals surface area (Å²) in [5.41, 5.74) is 4.55. The predicted octanol–water partition coefficient (Wildman–Crippen LogP) is 3.63. The Labute approximate surface area is 114 Å². The van der Waals surface area contributed by atoms with Gasteiger partial charge >= 0.3 is 12.2 Å². The number of benzene rings is 1. The van der Waals surface area contributed by atoms with Gasteiger partial charge in [-0.05, 0) is 28.1 Å². The molecule has 0 saturated carbocycles. The van der Waals surface area contributed by atoms with Gasteiger partial charge in [-0.25, -0.2) is 0 Å². The zero-order valence-corrected chi connectivity index (χ0v) is 10.9. The van der Waals surface area contributed by atoms with Crippen LogP contribution in [0.25, 0.3) is 0 Å². The third-order valence-corrected chi connectivity index (χ3v) is 2.49. The van der Waals surface area contributed by atoms with E-state index in [0.717, 1.165) is 6.07 Å². The third-order valence-electron chi connectivity index (χ3n) is 2.09. The molecule has 1 aromatic heterocycles. The molecular weight excluding hydrogens is 327 g/mol. The van der Waals surface area contributed by atoms with Crippen molar-refractivity contribution in [3.05, 3.63) is 40.5 Å². The number of aromatic nitrogens is 2. The van der Waals surface area contributed by atoms with Crippen LogP contribution in [-0.4, -0.2) is 9.97 Å². The van der Waals surface area contributed by atoms with Crippen molar-refractivity contribution in [1.29, 1.82) is 0 Å². The van der Waals surface area contributed by atoms with Crippen LogP contribution in [0.3, 0.4) is 0 Å². The summed E-state index contributed by atoms with van der Waals surface area (Å²) in [6, 6.07) is 5.93. The van der Waals surface area contributed by atoms with Crippen LogP contribution in [0, 0.1) is 0 Å². The summed E-state index contributed by atoms with van der Waals surface area (Å²) in [6.45, 7) is 0. The molecule has 19 heavy (non-hydrogen) atoms. The van der Waals surface area contributed by atoms with Crippen LogP contribution < -0.4 is 10.5 Å². The first-order valence-corrected chi connectivity index (χ1v) is 5.79. The number of anilines is 1. The molecule has 0 amide bonds. The Balaban J connectivity index is 2.38. The van der Waals surface area contributed by atoms with Gasteiger partial charge in [0, 0.05) is 6.07 Å². The minimum absolute atomic E-state index is 0.0846. The Morgan fingerprint density at radius 2 is 1.84 bits per heavy atom. The van der Waals surface area contributed by atoms with Gasteiger partial charge in [0.25, 0.3) is 0 Å². The van der Waals surface area contributed by atoms with Crippen LogP contribution in [0.4, 0.5) is 19.0 Å². The molecule has 0 unspecified atom stereocenters. The van der Waals surface area contributed by atoms with Crippen molar-refractivity contribution >= 4 is 21.7 Å². The van der Waals surface area contributed by atoms with Crippen molar-refractivity contribution in [3.8, 4) is 11.8 Å². The van der Waals surface area contributed by atoms with Gasteiger partial charge in [0.05, 0.1) is 5.56 Å². The molecule has 8 heteroatoms. The van der Waals surface area contributed by atoms with Gasteiger partial charge in [0.2, 0.25) is 0 Å². The van der Waals surface area contributed by atoms with E-state index in [1.165, 1.54) is 24.3 Å². The van der Waals surface area contributed by atoms with Gasteiger partial charge in [0.1, 0.15) is 16.2 Å². The quantitative estimate of drug-likeness (QED) is 0.852. The summed E-state index contributed by atoms with van der Waals surface area (Å²) < 4.78 is 43.6. The lowest BCUT2D eigenvalue weighted by atomic mass is 10.2. The maximum atomic E-state index is 12.8. The normalized spacial score (nSPS) is 11.4. The van der Waals surface area contributed by atoms with Gasteiger partial charge in [-0.2, -0.15) is 23.1 Å². The van der Waals surface area contributed by atoms with Crippen molar-refractivity contribution < 1.29 is 17.9 Å². The second-order valence-corrected chi connectivity index (χ2v) is 4.31. The smallest absolute Gasteiger partial charge is 0.419 e. The molecule has 4 nitrogen and oxygen atoms in total. The molecule has 2 aromatic rings. The molecule has 1 heterocycles. The molecule has 0 aliphatic rings. The molecule has 0 bridgehead atoms. The van der Waals surface area contributed by atoms with Gasteiger partial charge in [0.15, 0.2) is 0 Å². The lowest BCUT2D eigenvalue weighted by molar-refractivity contribution is -0.138. The average molecular weight is 334 g/mol. The number of para-hydroxylation sites is 1. The number of alkyl halides is 3. The number of halogens is 4. The minimum atomic E-state index is -4.52. The van der Waals surface area contributed by atoms with E-state index in [4.69, 9.17) is 10.5 Å². The molecule has 0 radical (unpaired) electrons. The summed E-state index contributed by atoms with van der Waals surface area (Å²) in [5.74, 6) is -0.297. The van der Waals surface area contributed by atoms with Gasteiger partial charge in [-0.3, -0.25) is 0 Å². The second kappa shape index (κ2) is 5.04. The molecular formula is C11H7BrF3N3O. The van der Waals surface area contributed by atoms with Crippen molar-refractivity contribution in [1.82, 2.24) is 9.97 Å². The van der Waals surface area contributed by atoms with E-state index in [1.54, 1.807) is 0 Å². The molecule has 0 saturated heterocycles. The number of hydrogen-bond donors (Lipinski definition) is 1. The molecule has 0 aliphatic heterocycles. The van der Waals surface area contributed by atoms with Gasteiger partial charge in [-0.1, -0.05) is 12.1 Å². The summed E-state index contributed by atoms with van der Waals surface area (Å²) in [7, 11) is 0. The first kappa shape index (κ1) is 13.6. The van der Waals surface area contributed by atoms with Crippen molar-refractivity contribution in [3.63, 3.8) is 0 Å². The molecule has 100 valence electrons. The largest absolute Gasteiger partial charge is 0.424 e. The van der Waals surface area contributed by atoms with E-state index in [0.29, 0.717) is 4.60 Å². The van der Waals surface area contributed by atoms with Crippen LogP contribution in [0.1, 0.15) is 5.56 Å². The topological polar surface area (TPSA) is 61.0 Å². The maximum absolute atomic E-state index is 12.8. The average Bonchev–Trinajstić information content (AvgIpc) is 2.26. The number of ether oxygens (including phenoxy) is 1. The fourth-order valence-electron chi connectivity index (χ4n) is 1.35. The van der Waals surface area contributed by atoms with Crippen LogP contribution in [-0.2, 0) is 6.18 Å². The maximum Gasteiger partial charge on any atom is 0.419 e. The SMILES string of the molecule is Nc1cc(Br)nc(Oc2ccccc2C(F)(F)F)n1. The number of rotatable bonds is 2. The molecule has 0 aliphatic carbocycles.